The van der Waals surface area contributed by atoms with E-state index in [2.05, 4.69) is 20.7 Å². The van der Waals surface area contributed by atoms with Crippen LogP contribution in [0, 0.1) is 0 Å². The quantitative estimate of drug-likeness (QED) is 0.929. The molecular weight excluding hydrogens is 290 g/mol. The predicted molar refractivity (Wildman–Crippen MR) is 60.8 cm³/mol. The third kappa shape index (κ3) is 3.24. The second-order valence-corrected chi connectivity index (χ2v) is 5.90. The molecule has 0 heterocycles. The number of halogens is 2. The van der Waals surface area contributed by atoms with Crippen molar-refractivity contribution in [3.8, 4) is 0 Å². The molecule has 0 spiro atoms. The lowest BCUT2D eigenvalue weighted by Gasteiger charge is -2.03. The first-order valence-corrected chi connectivity index (χ1v) is 6.62. The molecule has 1 aromatic rings. The molecule has 78 valence electrons. The molecule has 0 bridgehead atoms. The summed E-state index contributed by atoms with van der Waals surface area (Å²) in [6.07, 6.45) is 0. The van der Waals surface area contributed by atoms with Crippen LogP contribution in [0.3, 0.4) is 0 Å². The molecule has 0 amide bonds. The van der Waals surface area contributed by atoms with Crippen LogP contribution in [0.25, 0.3) is 0 Å². The molecule has 0 fully saturated rings. The number of nitrogens with one attached hydrogen (secondary N) is 1. The molecule has 0 unspecified atom stereocenters. The van der Waals surface area contributed by atoms with Gasteiger partial charge in [-0.05, 0) is 40.7 Å². The van der Waals surface area contributed by atoms with Crippen LogP contribution >= 0.6 is 27.5 Å². The Balaban J connectivity index is 2.94. The number of benzene rings is 1. The van der Waals surface area contributed by atoms with Crippen molar-refractivity contribution >= 4 is 37.6 Å². The van der Waals surface area contributed by atoms with Crippen LogP contribution in [-0.2, 0) is 15.8 Å². The molecule has 0 aliphatic heterocycles. The van der Waals surface area contributed by atoms with Crippen LogP contribution in [-0.4, -0.2) is 15.5 Å². The van der Waals surface area contributed by atoms with Gasteiger partial charge in [0.15, 0.2) is 0 Å². The smallest absolute Gasteiger partial charge is 0.215 e. The van der Waals surface area contributed by atoms with E-state index in [0.29, 0.717) is 10.6 Å². The lowest BCUT2D eigenvalue weighted by atomic mass is 10.2. The molecule has 1 rings (SSSR count). The van der Waals surface area contributed by atoms with E-state index in [1.54, 1.807) is 18.2 Å². The van der Waals surface area contributed by atoms with E-state index in [1.807, 2.05) is 0 Å². The largest absolute Gasteiger partial charge is 0.218 e. The third-order valence-electron chi connectivity index (χ3n) is 1.65. The third-order valence-corrected chi connectivity index (χ3v) is 4.22. The average molecular weight is 299 g/mol. The van der Waals surface area contributed by atoms with E-state index >= 15 is 0 Å². The van der Waals surface area contributed by atoms with Crippen molar-refractivity contribution < 1.29 is 8.42 Å². The van der Waals surface area contributed by atoms with Gasteiger partial charge in [0.2, 0.25) is 10.0 Å². The van der Waals surface area contributed by atoms with E-state index in [4.69, 9.17) is 11.6 Å². The molecule has 6 heteroatoms. The Bertz CT molecular complexity index is 433. The lowest BCUT2D eigenvalue weighted by Crippen LogP contribution is -2.20. The van der Waals surface area contributed by atoms with Crippen LogP contribution in [0.2, 0.25) is 5.02 Å². The lowest BCUT2D eigenvalue weighted by molar-refractivity contribution is 0.587. The molecule has 0 aliphatic rings. The highest BCUT2D eigenvalue weighted by Crippen LogP contribution is 2.23. The molecule has 0 saturated carbocycles. The second-order valence-electron chi connectivity index (χ2n) is 2.71. The molecule has 1 N–H and O–H groups in total. The Morgan fingerprint density at radius 2 is 2.14 bits per heavy atom. The van der Waals surface area contributed by atoms with Gasteiger partial charge in [0.1, 0.15) is 0 Å². The molecular formula is C8H9BrClNO2S. The van der Waals surface area contributed by atoms with Gasteiger partial charge in [0, 0.05) is 4.47 Å². The van der Waals surface area contributed by atoms with E-state index in [1.165, 1.54) is 7.05 Å². The SMILES string of the molecule is CNS(=O)(=O)Cc1ccc(Br)c(Cl)c1. The number of hydrogen-bond donors (Lipinski definition) is 1. The second kappa shape index (κ2) is 4.61. The van der Waals surface area contributed by atoms with Gasteiger partial charge in [-0.3, -0.25) is 0 Å². The maximum Gasteiger partial charge on any atom is 0.215 e. The van der Waals surface area contributed by atoms with E-state index in [0.717, 1.165) is 4.47 Å². The summed E-state index contributed by atoms with van der Waals surface area (Å²) in [6.45, 7) is 0. The molecule has 1 aromatic carbocycles. The summed E-state index contributed by atoms with van der Waals surface area (Å²) in [5.74, 6) is -0.0590. The Morgan fingerprint density at radius 1 is 1.50 bits per heavy atom. The summed E-state index contributed by atoms with van der Waals surface area (Å²) in [7, 11) is -1.84. The van der Waals surface area contributed by atoms with Crippen molar-refractivity contribution in [2.75, 3.05) is 7.05 Å². The summed E-state index contributed by atoms with van der Waals surface area (Å²) in [6, 6.07) is 5.06. The van der Waals surface area contributed by atoms with E-state index < -0.39 is 10.0 Å². The monoisotopic (exact) mass is 297 g/mol. The first kappa shape index (κ1) is 12.0. The topological polar surface area (TPSA) is 46.2 Å². The van der Waals surface area contributed by atoms with Gasteiger partial charge < -0.3 is 0 Å². The molecule has 0 aromatic heterocycles. The van der Waals surface area contributed by atoms with Crippen LogP contribution in [0.1, 0.15) is 5.56 Å². The first-order valence-electron chi connectivity index (χ1n) is 3.80. The van der Waals surface area contributed by atoms with Crippen LogP contribution in [0.5, 0.6) is 0 Å². The molecule has 0 aliphatic carbocycles. The fraction of sp³-hybridized carbons (Fsp3) is 0.250. The molecule has 3 nitrogen and oxygen atoms in total. The summed E-state index contributed by atoms with van der Waals surface area (Å²) in [5, 5.41) is 0.508. The highest BCUT2D eigenvalue weighted by Gasteiger charge is 2.09. The highest BCUT2D eigenvalue weighted by atomic mass is 79.9. The average Bonchev–Trinajstić information content (AvgIpc) is 2.11. The normalized spacial score (nSPS) is 11.6. The fourth-order valence-electron chi connectivity index (χ4n) is 0.921. The summed E-state index contributed by atoms with van der Waals surface area (Å²) < 4.78 is 25.4. The Kier molecular flexibility index (Phi) is 3.94. The maximum absolute atomic E-state index is 11.2. The van der Waals surface area contributed by atoms with Crippen molar-refractivity contribution in [3.63, 3.8) is 0 Å². The van der Waals surface area contributed by atoms with E-state index in [-0.39, 0.29) is 5.75 Å². The minimum absolute atomic E-state index is 0.0590. The van der Waals surface area contributed by atoms with Crippen molar-refractivity contribution in [1.82, 2.24) is 4.72 Å². The Morgan fingerprint density at radius 3 is 2.64 bits per heavy atom. The zero-order chi connectivity index (χ0) is 10.8. The van der Waals surface area contributed by atoms with E-state index in [9.17, 15) is 8.42 Å². The van der Waals surface area contributed by atoms with Crippen molar-refractivity contribution in [3.05, 3.63) is 33.3 Å². The predicted octanol–water partition coefficient (Wildman–Crippen LogP) is 2.15. The van der Waals surface area contributed by atoms with Crippen LogP contribution < -0.4 is 4.72 Å². The summed E-state index contributed by atoms with van der Waals surface area (Å²) in [4.78, 5) is 0. The number of hydrogen-bond acceptors (Lipinski definition) is 2. The molecule has 0 saturated heterocycles. The van der Waals surface area contributed by atoms with Crippen LogP contribution in [0.4, 0.5) is 0 Å². The minimum Gasteiger partial charge on any atom is -0.218 e. The maximum atomic E-state index is 11.2. The van der Waals surface area contributed by atoms with Gasteiger partial charge in [-0.1, -0.05) is 17.7 Å². The zero-order valence-corrected chi connectivity index (χ0v) is 10.6. The van der Waals surface area contributed by atoms with Gasteiger partial charge in [0.05, 0.1) is 10.8 Å². The van der Waals surface area contributed by atoms with Crippen LogP contribution in [0.15, 0.2) is 22.7 Å². The van der Waals surface area contributed by atoms with Gasteiger partial charge in [-0.15, -0.1) is 0 Å². The zero-order valence-electron chi connectivity index (χ0n) is 7.42. The summed E-state index contributed by atoms with van der Waals surface area (Å²) in [5.41, 5.74) is 0.660. The van der Waals surface area contributed by atoms with Gasteiger partial charge >= 0.3 is 0 Å². The van der Waals surface area contributed by atoms with Crippen molar-refractivity contribution in [2.24, 2.45) is 0 Å². The molecule has 0 atom stereocenters. The Labute approximate surface area is 96.6 Å². The Hall–Kier alpha value is -0.100. The minimum atomic E-state index is -3.23. The molecule has 0 radical (unpaired) electrons. The summed E-state index contributed by atoms with van der Waals surface area (Å²) >= 11 is 9.05. The molecule has 14 heavy (non-hydrogen) atoms. The fourth-order valence-corrected chi connectivity index (χ4v) is 2.13. The van der Waals surface area contributed by atoms with Gasteiger partial charge in [0.25, 0.3) is 0 Å². The van der Waals surface area contributed by atoms with Gasteiger partial charge in [-0.2, -0.15) is 0 Å². The first-order chi connectivity index (χ1) is 6.44. The van der Waals surface area contributed by atoms with Crippen molar-refractivity contribution in [1.29, 1.82) is 0 Å². The van der Waals surface area contributed by atoms with Crippen molar-refractivity contribution in [2.45, 2.75) is 5.75 Å². The number of rotatable bonds is 3. The van der Waals surface area contributed by atoms with Gasteiger partial charge in [-0.25, -0.2) is 13.1 Å². The number of sulfonamides is 1. The highest BCUT2D eigenvalue weighted by molar-refractivity contribution is 9.10. The standard InChI is InChI=1S/C8H9BrClNO2S/c1-11-14(12,13)5-6-2-3-7(9)8(10)4-6/h2-4,11H,5H2,1H3.